The van der Waals surface area contributed by atoms with Crippen LogP contribution in [0.1, 0.15) is 37.3 Å². The van der Waals surface area contributed by atoms with Crippen molar-refractivity contribution in [3.05, 3.63) is 18.0 Å². The molecule has 25 heavy (non-hydrogen) atoms. The van der Waals surface area contributed by atoms with E-state index in [0.717, 1.165) is 38.7 Å². The Labute approximate surface area is 161 Å². The molecule has 1 atom stereocenters. The quantitative estimate of drug-likeness (QED) is 0.834. The van der Waals surface area contributed by atoms with Crippen LogP contribution in [0, 0.1) is 0 Å². The number of halogens is 2. The van der Waals surface area contributed by atoms with Gasteiger partial charge < -0.3 is 19.7 Å². The van der Waals surface area contributed by atoms with Crippen molar-refractivity contribution in [2.45, 2.75) is 37.2 Å². The summed E-state index contributed by atoms with van der Waals surface area (Å²) >= 11 is 0. The highest BCUT2D eigenvalue weighted by Gasteiger charge is 2.39. The van der Waals surface area contributed by atoms with E-state index in [9.17, 15) is 0 Å². The minimum Gasteiger partial charge on any atom is -0.377 e. The monoisotopic (exact) mass is 390 g/mol. The Morgan fingerprint density at radius 2 is 2.04 bits per heavy atom. The smallest absolute Gasteiger partial charge is 0.225 e. The molecule has 1 saturated carbocycles. The molecule has 0 aromatic carbocycles. The summed E-state index contributed by atoms with van der Waals surface area (Å²) < 4.78 is 11.8. The number of anilines is 1. The molecular weight excluding hydrogens is 363 g/mol. The van der Waals surface area contributed by atoms with E-state index in [2.05, 4.69) is 21.3 Å². The first-order valence-electron chi connectivity index (χ1n) is 8.85. The summed E-state index contributed by atoms with van der Waals surface area (Å²) in [5, 5.41) is 3.42. The highest BCUT2D eigenvalue weighted by Crippen LogP contribution is 2.33. The second-order valence-electron chi connectivity index (χ2n) is 6.95. The van der Waals surface area contributed by atoms with E-state index in [1.165, 1.54) is 31.4 Å². The maximum Gasteiger partial charge on any atom is 0.225 e. The zero-order valence-corrected chi connectivity index (χ0v) is 16.1. The van der Waals surface area contributed by atoms with E-state index in [-0.39, 0.29) is 30.4 Å². The van der Waals surface area contributed by atoms with Gasteiger partial charge in [-0.25, -0.2) is 9.97 Å². The van der Waals surface area contributed by atoms with E-state index < -0.39 is 0 Å². The summed E-state index contributed by atoms with van der Waals surface area (Å²) in [7, 11) is 0. The van der Waals surface area contributed by atoms with E-state index in [0.29, 0.717) is 19.1 Å². The summed E-state index contributed by atoms with van der Waals surface area (Å²) in [5.74, 6) is 1.47. The van der Waals surface area contributed by atoms with Gasteiger partial charge in [-0.3, -0.25) is 0 Å². The van der Waals surface area contributed by atoms with Gasteiger partial charge in [-0.1, -0.05) is 12.8 Å². The summed E-state index contributed by atoms with van der Waals surface area (Å²) in [4.78, 5) is 11.7. The molecule has 1 aliphatic carbocycles. The van der Waals surface area contributed by atoms with Gasteiger partial charge in [-0.05, 0) is 18.9 Å². The second-order valence-corrected chi connectivity index (χ2v) is 6.95. The van der Waals surface area contributed by atoms with Gasteiger partial charge in [0.25, 0.3) is 0 Å². The number of nitrogens with zero attached hydrogens (tertiary/aromatic N) is 3. The molecule has 0 bridgehead atoms. The Morgan fingerprint density at radius 1 is 1.20 bits per heavy atom. The van der Waals surface area contributed by atoms with E-state index in [1.54, 1.807) is 0 Å². The molecule has 3 fully saturated rings. The number of hydrogen-bond acceptors (Lipinski definition) is 6. The zero-order valence-electron chi connectivity index (χ0n) is 14.5. The van der Waals surface area contributed by atoms with Crippen LogP contribution in [0.5, 0.6) is 0 Å². The fourth-order valence-electron chi connectivity index (χ4n) is 3.94. The molecule has 1 aromatic heterocycles. The first-order valence-corrected chi connectivity index (χ1v) is 8.85. The second kappa shape index (κ2) is 9.33. The summed E-state index contributed by atoms with van der Waals surface area (Å²) in [6.07, 6.45) is 7.10. The van der Waals surface area contributed by atoms with Crippen LogP contribution in [0.4, 0.5) is 5.95 Å². The molecule has 1 unspecified atom stereocenters. The van der Waals surface area contributed by atoms with Crippen LogP contribution < -0.4 is 10.2 Å². The van der Waals surface area contributed by atoms with Crippen molar-refractivity contribution in [1.82, 2.24) is 15.3 Å². The SMILES string of the molecule is Cl.Cl.c1cc(C2CCCC2)nc(N2CCOC3(CNCCOC3)C2)n1. The maximum atomic E-state index is 6.08. The third-order valence-corrected chi connectivity index (χ3v) is 5.20. The third kappa shape index (κ3) is 4.74. The lowest BCUT2D eigenvalue weighted by atomic mass is 10.0. The van der Waals surface area contributed by atoms with Crippen LogP contribution >= 0.6 is 24.8 Å². The first-order chi connectivity index (χ1) is 11.3. The van der Waals surface area contributed by atoms with E-state index >= 15 is 0 Å². The molecule has 8 heteroatoms. The van der Waals surface area contributed by atoms with Gasteiger partial charge in [-0.2, -0.15) is 0 Å². The van der Waals surface area contributed by atoms with Crippen molar-refractivity contribution in [3.8, 4) is 0 Å². The number of aromatic nitrogens is 2. The van der Waals surface area contributed by atoms with Crippen molar-refractivity contribution in [2.75, 3.05) is 50.9 Å². The van der Waals surface area contributed by atoms with Crippen molar-refractivity contribution in [3.63, 3.8) is 0 Å². The first kappa shape index (κ1) is 20.6. The van der Waals surface area contributed by atoms with Gasteiger partial charge in [-0.15, -0.1) is 24.8 Å². The predicted octanol–water partition coefficient (Wildman–Crippen LogP) is 2.17. The topological polar surface area (TPSA) is 59.5 Å². The van der Waals surface area contributed by atoms with Crippen LogP contribution in [0.25, 0.3) is 0 Å². The summed E-state index contributed by atoms with van der Waals surface area (Å²) in [6, 6.07) is 2.09. The van der Waals surface area contributed by atoms with Gasteiger partial charge in [0.2, 0.25) is 5.95 Å². The molecular formula is C17H28Cl2N4O2. The fraction of sp³-hybridized carbons (Fsp3) is 0.765. The lowest BCUT2D eigenvalue weighted by molar-refractivity contribution is -0.0915. The standard InChI is InChI=1S/C17H26N4O2.2ClH/c1-2-4-14(3-1)15-5-6-19-16(20-15)21-8-10-23-17(12-21)11-18-7-9-22-13-17;;/h5-6,14,18H,1-4,7-13H2;2*1H. The summed E-state index contributed by atoms with van der Waals surface area (Å²) in [5.41, 5.74) is 0.935. The minimum absolute atomic E-state index is 0. The average Bonchev–Trinajstić information content (AvgIpc) is 3.05. The molecule has 3 heterocycles. The molecule has 0 radical (unpaired) electrons. The van der Waals surface area contributed by atoms with Crippen molar-refractivity contribution in [2.24, 2.45) is 0 Å². The van der Waals surface area contributed by atoms with Crippen molar-refractivity contribution in [1.29, 1.82) is 0 Å². The minimum atomic E-state index is -0.276. The number of hydrogen-bond donors (Lipinski definition) is 1. The van der Waals surface area contributed by atoms with Crippen LogP contribution in [0.15, 0.2) is 12.3 Å². The van der Waals surface area contributed by atoms with Gasteiger partial charge in [0.05, 0.1) is 26.4 Å². The molecule has 1 N–H and O–H groups in total. The van der Waals surface area contributed by atoms with Crippen LogP contribution in [0.2, 0.25) is 0 Å². The van der Waals surface area contributed by atoms with E-state index in [4.69, 9.17) is 14.5 Å². The molecule has 2 aliphatic heterocycles. The molecule has 1 spiro atoms. The number of morpholine rings is 1. The van der Waals surface area contributed by atoms with Gasteiger partial charge in [0, 0.05) is 37.4 Å². The van der Waals surface area contributed by atoms with Crippen LogP contribution in [-0.2, 0) is 9.47 Å². The summed E-state index contributed by atoms with van der Waals surface area (Å²) in [6.45, 7) is 5.42. The van der Waals surface area contributed by atoms with E-state index in [1.807, 2.05) is 6.20 Å². The Bertz CT molecular complexity index is 535. The molecule has 142 valence electrons. The number of nitrogens with one attached hydrogen (secondary N) is 1. The highest BCUT2D eigenvalue weighted by molar-refractivity contribution is 5.85. The van der Waals surface area contributed by atoms with Crippen LogP contribution in [-0.4, -0.2) is 61.6 Å². The van der Waals surface area contributed by atoms with Crippen molar-refractivity contribution >= 4 is 30.8 Å². The number of rotatable bonds is 2. The van der Waals surface area contributed by atoms with Gasteiger partial charge >= 0.3 is 0 Å². The highest BCUT2D eigenvalue weighted by atomic mass is 35.5. The molecule has 3 aliphatic rings. The normalized spacial score (nSPS) is 27.4. The third-order valence-electron chi connectivity index (χ3n) is 5.20. The van der Waals surface area contributed by atoms with Crippen molar-refractivity contribution < 1.29 is 9.47 Å². The van der Waals surface area contributed by atoms with Gasteiger partial charge in [0.15, 0.2) is 0 Å². The average molecular weight is 391 g/mol. The maximum absolute atomic E-state index is 6.08. The molecule has 1 aromatic rings. The predicted molar refractivity (Wildman–Crippen MR) is 102 cm³/mol. The Kier molecular flexibility index (Phi) is 7.70. The lowest BCUT2D eigenvalue weighted by Crippen LogP contribution is -2.58. The van der Waals surface area contributed by atoms with Crippen LogP contribution in [0.3, 0.4) is 0 Å². The lowest BCUT2D eigenvalue weighted by Gasteiger charge is -2.41. The molecule has 2 saturated heterocycles. The number of ether oxygens (including phenoxy) is 2. The Morgan fingerprint density at radius 3 is 2.88 bits per heavy atom. The molecule has 6 nitrogen and oxygen atoms in total. The fourth-order valence-corrected chi connectivity index (χ4v) is 3.94. The van der Waals surface area contributed by atoms with Gasteiger partial charge in [0.1, 0.15) is 5.60 Å². The molecule has 4 rings (SSSR count). The molecule has 0 amide bonds. The Hall–Kier alpha value is -0.660. The largest absolute Gasteiger partial charge is 0.377 e. The Balaban J connectivity index is 0.00000113. The zero-order chi connectivity index (χ0) is 15.5.